The Hall–Kier alpha value is -1.95. The lowest BCUT2D eigenvalue weighted by molar-refractivity contribution is 0.294. The van der Waals surface area contributed by atoms with Gasteiger partial charge < -0.3 is 15.2 Å². The molecule has 0 spiro atoms. The molecule has 5 nitrogen and oxygen atoms in total. The Morgan fingerprint density at radius 1 is 1.19 bits per heavy atom. The highest BCUT2D eigenvalue weighted by Gasteiger charge is 2.37. The van der Waals surface area contributed by atoms with E-state index in [9.17, 15) is 0 Å². The number of H-pyrrole nitrogens is 1. The normalized spacial score (nSPS) is 23.4. The van der Waals surface area contributed by atoms with Crippen molar-refractivity contribution in [2.24, 2.45) is 16.3 Å². The molecule has 0 radical (unpaired) electrons. The molecule has 1 saturated carbocycles. The fourth-order valence-electron chi connectivity index (χ4n) is 5.32. The Balaban J connectivity index is 1.65. The van der Waals surface area contributed by atoms with Crippen LogP contribution >= 0.6 is 12.2 Å². The molecule has 1 aliphatic heterocycles. The van der Waals surface area contributed by atoms with Gasteiger partial charge in [0, 0.05) is 5.69 Å². The minimum absolute atomic E-state index is 0.161. The number of amidine groups is 1. The molecule has 2 heterocycles. The van der Waals surface area contributed by atoms with Crippen molar-refractivity contribution in [1.82, 2.24) is 15.3 Å². The largest absolute Gasteiger partial charge is 0.345 e. The number of benzene rings is 1. The number of aromatic nitrogens is 2. The lowest BCUT2D eigenvalue weighted by Crippen LogP contribution is -2.37. The zero-order valence-electron chi connectivity index (χ0n) is 19.4. The van der Waals surface area contributed by atoms with Gasteiger partial charge in [-0.2, -0.15) is 0 Å². The topological polar surface area (TPSA) is 56.3 Å². The molecule has 2 N–H and O–H groups in total. The number of rotatable bonds is 5. The van der Waals surface area contributed by atoms with E-state index < -0.39 is 0 Å². The van der Waals surface area contributed by atoms with Gasteiger partial charge in [-0.15, -0.1) is 0 Å². The Kier molecular flexibility index (Phi) is 6.65. The molecule has 6 heteroatoms. The van der Waals surface area contributed by atoms with Gasteiger partial charge in [0.15, 0.2) is 5.11 Å². The first-order valence-electron chi connectivity index (χ1n) is 11.9. The maximum Gasteiger partial charge on any atom is 0.179 e. The van der Waals surface area contributed by atoms with E-state index in [1.165, 1.54) is 44.9 Å². The van der Waals surface area contributed by atoms with Crippen LogP contribution in [-0.2, 0) is 0 Å². The summed E-state index contributed by atoms with van der Waals surface area (Å²) in [6.45, 7) is 9.34. The summed E-state index contributed by atoms with van der Waals surface area (Å²) in [6, 6.07) is 6.94. The molecule has 2 unspecified atom stereocenters. The summed E-state index contributed by atoms with van der Waals surface area (Å²) in [5, 5.41) is 4.28. The third kappa shape index (κ3) is 5.46. The number of fused-ring (bicyclic) bond motifs is 1. The SMILES string of the molecule is CC(CC1/C(=N\C2CCCCCC2)NC(=S)N1c1ccc2nc[nH]c2c1)CC(C)(C)C. The first-order valence-corrected chi connectivity index (χ1v) is 12.3. The van der Waals surface area contributed by atoms with Crippen LogP contribution in [0.2, 0.25) is 0 Å². The molecule has 1 aromatic carbocycles. The van der Waals surface area contributed by atoms with E-state index in [2.05, 4.69) is 66.1 Å². The summed E-state index contributed by atoms with van der Waals surface area (Å²) in [5.74, 6) is 1.65. The molecule has 4 rings (SSSR count). The maximum absolute atomic E-state index is 5.84. The zero-order valence-corrected chi connectivity index (χ0v) is 20.3. The summed E-state index contributed by atoms with van der Waals surface area (Å²) in [4.78, 5) is 15.1. The molecular weight excluding hydrogens is 402 g/mol. The molecule has 2 atom stereocenters. The first kappa shape index (κ1) is 22.3. The highest BCUT2D eigenvalue weighted by Crippen LogP contribution is 2.33. The van der Waals surface area contributed by atoms with Gasteiger partial charge in [-0.25, -0.2) is 4.98 Å². The van der Waals surface area contributed by atoms with Crippen molar-refractivity contribution in [3.8, 4) is 0 Å². The molecule has 1 aliphatic carbocycles. The molecular formula is C25H37N5S. The van der Waals surface area contributed by atoms with Crippen LogP contribution in [0, 0.1) is 11.3 Å². The van der Waals surface area contributed by atoms with Crippen molar-refractivity contribution < 1.29 is 0 Å². The predicted molar refractivity (Wildman–Crippen MR) is 135 cm³/mol. The van der Waals surface area contributed by atoms with Gasteiger partial charge >= 0.3 is 0 Å². The summed E-state index contributed by atoms with van der Waals surface area (Å²) in [6.07, 6.45) is 11.6. The number of thiocarbonyl (C=S) groups is 1. The Bertz CT molecular complexity index is 933. The molecule has 2 fully saturated rings. The number of nitrogens with one attached hydrogen (secondary N) is 2. The van der Waals surface area contributed by atoms with Crippen molar-refractivity contribution in [2.45, 2.75) is 91.1 Å². The number of nitrogens with zero attached hydrogens (tertiary/aromatic N) is 3. The van der Waals surface area contributed by atoms with E-state index in [-0.39, 0.29) is 6.04 Å². The highest BCUT2D eigenvalue weighted by atomic mass is 32.1. The van der Waals surface area contributed by atoms with Gasteiger partial charge in [-0.3, -0.25) is 4.99 Å². The number of hydrogen-bond acceptors (Lipinski definition) is 3. The van der Waals surface area contributed by atoms with E-state index in [4.69, 9.17) is 17.2 Å². The minimum Gasteiger partial charge on any atom is -0.345 e. The van der Waals surface area contributed by atoms with E-state index in [0.717, 1.165) is 34.1 Å². The average Bonchev–Trinajstić information content (AvgIpc) is 3.15. The standard InChI is InChI=1S/C25H37N5S/c1-17(15-25(2,3)4)13-22-23(28-18-9-7-5-6-8-10-18)29-24(31)30(22)19-11-12-20-21(14-19)27-16-26-20/h11-12,14,16-18,22H,5-10,13,15H2,1-4H3,(H,26,27)(H,28,29,31). The molecule has 2 aromatic rings. The molecule has 1 saturated heterocycles. The fourth-order valence-corrected chi connectivity index (χ4v) is 5.65. The van der Waals surface area contributed by atoms with Gasteiger partial charge in [0.25, 0.3) is 0 Å². The van der Waals surface area contributed by atoms with Gasteiger partial charge in [-0.05, 0) is 67.4 Å². The van der Waals surface area contributed by atoms with Crippen LogP contribution in [-0.4, -0.2) is 33.0 Å². The monoisotopic (exact) mass is 439 g/mol. The van der Waals surface area contributed by atoms with E-state index in [1.54, 1.807) is 6.33 Å². The van der Waals surface area contributed by atoms with Crippen LogP contribution < -0.4 is 10.2 Å². The van der Waals surface area contributed by atoms with Gasteiger partial charge in [-0.1, -0.05) is 53.4 Å². The fraction of sp³-hybridized carbons (Fsp3) is 0.640. The van der Waals surface area contributed by atoms with Crippen LogP contribution in [0.4, 0.5) is 5.69 Å². The molecule has 168 valence electrons. The second kappa shape index (κ2) is 9.27. The number of hydrogen-bond donors (Lipinski definition) is 2. The van der Waals surface area contributed by atoms with Crippen molar-refractivity contribution in [3.63, 3.8) is 0 Å². The number of anilines is 1. The van der Waals surface area contributed by atoms with Crippen LogP contribution in [0.25, 0.3) is 11.0 Å². The third-order valence-electron chi connectivity index (χ3n) is 6.50. The maximum atomic E-state index is 5.84. The van der Waals surface area contributed by atoms with E-state index >= 15 is 0 Å². The molecule has 0 bridgehead atoms. The summed E-state index contributed by atoms with van der Waals surface area (Å²) < 4.78 is 0. The summed E-state index contributed by atoms with van der Waals surface area (Å²) in [7, 11) is 0. The summed E-state index contributed by atoms with van der Waals surface area (Å²) >= 11 is 5.84. The van der Waals surface area contributed by atoms with Crippen LogP contribution in [0.3, 0.4) is 0 Å². The molecule has 2 aliphatic rings. The van der Waals surface area contributed by atoms with E-state index in [1.807, 2.05) is 0 Å². The smallest absolute Gasteiger partial charge is 0.179 e. The lowest BCUT2D eigenvalue weighted by Gasteiger charge is -2.30. The molecule has 1 aromatic heterocycles. The van der Waals surface area contributed by atoms with Crippen molar-refractivity contribution in [3.05, 3.63) is 24.5 Å². The van der Waals surface area contributed by atoms with Crippen LogP contribution in [0.5, 0.6) is 0 Å². The highest BCUT2D eigenvalue weighted by molar-refractivity contribution is 7.80. The first-order chi connectivity index (χ1) is 14.8. The second-order valence-electron chi connectivity index (χ2n) is 10.7. The van der Waals surface area contributed by atoms with E-state index in [0.29, 0.717) is 17.4 Å². The number of aliphatic imine (C=N–C) groups is 1. The lowest BCUT2D eigenvalue weighted by atomic mass is 9.82. The van der Waals surface area contributed by atoms with Crippen LogP contribution in [0.1, 0.15) is 79.1 Å². The van der Waals surface area contributed by atoms with Gasteiger partial charge in [0.1, 0.15) is 5.84 Å². The zero-order chi connectivity index (χ0) is 22.0. The molecule has 31 heavy (non-hydrogen) atoms. The third-order valence-corrected chi connectivity index (χ3v) is 6.79. The van der Waals surface area contributed by atoms with Crippen LogP contribution in [0.15, 0.2) is 29.5 Å². The molecule has 0 amide bonds. The summed E-state index contributed by atoms with van der Waals surface area (Å²) in [5.41, 5.74) is 3.43. The second-order valence-corrected chi connectivity index (χ2v) is 11.1. The Morgan fingerprint density at radius 2 is 1.94 bits per heavy atom. The Morgan fingerprint density at radius 3 is 2.65 bits per heavy atom. The quantitative estimate of drug-likeness (QED) is 0.429. The van der Waals surface area contributed by atoms with Crippen molar-refractivity contribution in [2.75, 3.05) is 4.90 Å². The average molecular weight is 440 g/mol. The van der Waals surface area contributed by atoms with Gasteiger partial charge in [0.05, 0.1) is 29.4 Å². The predicted octanol–water partition coefficient (Wildman–Crippen LogP) is 6.21. The number of imidazole rings is 1. The minimum atomic E-state index is 0.161. The number of aromatic amines is 1. The van der Waals surface area contributed by atoms with Crippen molar-refractivity contribution in [1.29, 1.82) is 0 Å². The van der Waals surface area contributed by atoms with Gasteiger partial charge in [0.2, 0.25) is 0 Å². The Labute approximate surface area is 192 Å². The van der Waals surface area contributed by atoms with Crippen molar-refractivity contribution >= 4 is 39.9 Å².